The van der Waals surface area contributed by atoms with Gasteiger partial charge in [0.25, 0.3) is 0 Å². The molecule has 1 aliphatic heterocycles. The lowest BCUT2D eigenvalue weighted by Crippen LogP contribution is -2.35. The van der Waals surface area contributed by atoms with Crippen LogP contribution < -0.4 is 10.6 Å². The van der Waals surface area contributed by atoms with E-state index in [1.807, 2.05) is 0 Å². The van der Waals surface area contributed by atoms with E-state index in [1.165, 1.54) is 36.2 Å². The minimum Gasteiger partial charge on any atom is -0.369 e. The maximum Gasteiger partial charge on any atom is 0.0404 e. The summed E-state index contributed by atoms with van der Waals surface area (Å²) in [6.07, 6.45) is 3.48. The standard InChI is InChI=1S/C15H24N2/c1-4-14(16)13-8-7-12-6-5-9-17(11(2)3)15(12)10-13/h7-8,10-11,14H,4-6,9,16H2,1-3H3. The molecule has 2 heteroatoms. The van der Waals surface area contributed by atoms with Crippen LogP contribution in [0.1, 0.15) is 50.8 Å². The molecule has 1 heterocycles. The number of nitrogens with zero attached hydrogens (tertiary/aromatic N) is 1. The largest absolute Gasteiger partial charge is 0.369 e. The van der Waals surface area contributed by atoms with Gasteiger partial charge in [-0.15, -0.1) is 0 Å². The maximum atomic E-state index is 6.13. The smallest absolute Gasteiger partial charge is 0.0404 e. The molecule has 1 unspecified atom stereocenters. The zero-order valence-electron chi connectivity index (χ0n) is 11.2. The highest BCUT2D eigenvalue weighted by Crippen LogP contribution is 2.31. The van der Waals surface area contributed by atoms with Gasteiger partial charge in [0.1, 0.15) is 0 Å². The molecule has 0 radical (unpaired) electrons. The molecule has 94 valence electrons. The first kappa shape index (κ1) is 12.4. The first-order valence-corrected chi connectivity index (χ1v) is 6.78. The molecule has 2 rings (SSSR count). The van der Waals surface area contributed by atoms with Crippen LogP contribution in [0.5, 0.6) is 0 Å². The van der Waals surface area contributed by atoms with E-state index in [1.54, 1.807) is 0 Å². The third-order valence-corrected chi connectivity index (χ3v) is 3.76. The summed E-state index contributed by atoms with van der Waals surface area (Å²) in [5, 5.41) is 0. The number of benzene rings is 1. The SMILES string of the molecule is CCC(N)c1ccc2c(c1)N(C(C)C)CCC2. The van der Waals surface area contributed by atoms with Crippen molar-refractivity contribution in [1.29, 1.82) is 0 Å². The lowest BCUT2D eigenvalue weighted by atomic mass is 9.95. The van der Waals surface area contributed by atoms with E-state index in [2.05, 4.69) is 43.9 Å². The molecule has 0 amide bonds. The molecule has 0 spiro atoms. The van der Waals surface area contributed by atoms with Crippen LogP contribution in [0.4, 0.5) is 5.69 Å². The summed E-state index contributed by atoms with van der Waals surface area (Å²) in [4.78, 5) is 2.50. The highest BCUT2D eigenvalue weighted by Gasteiger charge is 2.20. The first-order valence-electron chi connectivity index (χ1n) is 6.78. The van der Waals surface area contributed by atoms with E-state index >= 15 is 0 Å². The first-order chi connectivity index (χ1) is 8.13. The van der Waals surface area contributed by atoms with Crippen molar-refractivity contribution in [2.24, 2.45) is 5.73 Å². The molecule has 0 saturated heterocycles. The van der Waals surface area contributed by atoms with Crippen LogP contribution in [0.3, 0.4) is 0 Å². The third kappa shape index (κ3) is 2.47. The number of fused-ring (bicyclic) bond motifs is 1. The van der Waals surface area contributed by atoms with E-state index in [0.29, 0.717) is 6.04 Å². The molecule has 2 N–H and O–H groups in total. The van der Waals surface area contributed by atoms with E-state index in [4.69, 9.17) is 5.73 Å². The van der Waals surface area contributed by atoms with Crippen molar-refractivity contribution in [3.63, 3.8) is 0 Å². The average molecular weight is 232 g/mol. The van der Waals surface area contributed by atoms with Crippen LogP contribution >= 0.6 is 0 Å². The fourth-order valence-electron chi connectivity index (χ4n) is 2.62. The molecule has 0 fully saturated rings. The Hall–Kier alpha value is -1.02. The Morgan fingerprint density at radius 1 is 1.35 bits per heavy atom. The molecular formula is C15H24N2. The fraction of sp³-hybridized carbons (Fsp3) is 0.600. The summed E-state index contributed by atoms with van der Waals surface area (Å²) < 4.78 is 0. The van der Waals surface area contributed by atoms with Gasteiger partial charge in [-0.2, -0.15) is 0 Å². The van der Waals surface area contributed by atoms with Gasteiger partial charge in [0.15, 0.2) is 0 Å². The second-order valence-electron chi connectivity index (χ2n) is 5.29. The van der Waals surface area contributed by atoms with Crippen molar-refractivity contribution in [2.75, 3.05) is 11.4 Å². The Labute approximate surface area is 105 Å². The normalized spacial score (nSPS) is 17.1. The van der Waals surface area contributed by atoms with E-state index in [0.717, 1.165) is 6.42 Å². The van der Waals surface area contributed by atoms with Gasteiger partial charge in [-0.25, -0.2) is 0 Å². The number of hydrogen-bond acceptors (Lipinski definition) is 2. The molecule has 1 aromatic carbocycles. The van der Waals surface area contributed by atoms with Gasteiger partial charge in [0.2, 0.25) is 0 Å². The molecule has 0 aromatic heterocycles. The number of nitrogens with two attached hydrogens (primary N) is 1. The van der Waals surface area contributed by atoms with Crippen molar-refractivity contribution in [3.8, 4) is 0 Å². The summed E-state index contributed by atoms with van der Waals surface area (Å²) in [6.45, 7) is 7.85. The van der Waals surface area contributed by atoms with Crippen molar-refractivity contribution in [1.82, 2.24) is 0 Å². The number of aryl methyl sites for hydroxylation is 1. The average Bonchev–Trinajstić information content (AvgIpc) is 2.36. The van der Waals surface area contributed by atoms with Gasteiger partial charge in [0, 0.05) is 24.3 Å². The fourth-order valence-corrected chi connectivity index (χ4v) is 2.62. The highest BCUT2D eigenvalue weighted by atomic mass is 15.2. The number of anilines is 1. The van der Waals surface area contributed by atoms with Gasteiger partial charge in [-0.05, 0) is 50.3 Å². The van der Waals surface area contributed by atoms with Crippen LogP contribution in [-0.2, 0) is 6.42 Å². The Kier molecular flexibility index (Phi) is 3.72. The molecule has 1 aromatic rings. The van der Waals surface area contributed by atoms with Gasteiger partial charge in [-0.3, -0.25) is 0 Å². The van der Waals surface area contributed by atoms with Gasteiger partial charge >= 0.3 is 0 Å². The molecule has 1 atom stereocenters. The molecular weight excluding hydrogens is 208 g/mol. The molecule has 2 nitrogen and oxygen atoms in total. The monoisotopic (exact) mass is 232 g/mol. The maximum absolute atomic E-state index is 6.13. The number of rotatable bonds is 3. The van der Waals surface area contributed by atoms with Gasteiger partial charge < -0.3 is 10.6 Å². The summed E-state index contributed by atoms with van der Waals surface area (Å²) >= 11 is 0. The summed E-state index contributed by atoms with van der Waals surface area (Å²) in [6, 6.07) is 7.53. The zero-order valence-corrected chi connectivity index (χ0v) is 11.2. The minimum atomic E-state index is 0.177. The van der Waals surface area contributed by atoms with Crippen molar-refractivity contribution in [2.45, 2.75) is 52.1 Å². The van der Waals surface area contributed by atoms with Crippen molar-refractivity contribution in [3.05, 3.63) is 29.3 Å². The summed E-state index contributed by atoms with van der Waals surface area (Å²) in [5.74, 6) is 0. The van der Waals surface area contributed by atoms with Gasteiger partial charge in [0.05, 0.1) is 0 Å². The molecule has 0 bridgehead atoms. The second kappa shape index (κ2) is 5.09. The van der Waals surface area contributed by atoms with Crippen LogP contribution in [0.2, 0.25) is 0 Å². The van der Waals surface area contributed by atoms with Crippen molar-refractivity contribution < 1.29 is 0 Å². The van der Waals surface area contributed by atoms with E-state index in [9.17, 15) is 0 Å². The molecule has 0 saturated carbocycles. The van der Waals surface area contributed by atoms with Crippen molar-refractivity contribution >= 4 is 5.69 Å². The van der Waals surface area contributed by atoms with Crippen LogP contribution in [-0.4, -0.2) is 12.6 Å². The van der Waals surface area contributed by atoms with Gasteiger partial charge in [-0.1, -0.05) is 19.1 Å². The van der Waals surface area contributed by atoms with Crippen LogP contribution in [0, 0.1) is 0 Å². The Morgan fingerprint density at radius 3 is 2.76 bits per heavy atom. The van der Waals surface area contributed by atoms with E-state index < -0.39 is 0 Å². The lowest BCUT2D eigenvalue weighted by Gasteiger charge is -2.35. The Bertz CT molecular complexity index is 385. The topological polar surface area (TPSA) is 29.3 Å². The highest BCUT2D eigenvalue weighted by molar-refractivity contribution is 5.58. The zero-order chi connectivity index (χ0) is 12.4. The summed E-state index contributed by atoms with van der Waals surface area (Å²) in [5.41, 5.74) is 10.3. The summed E-state index contributed by atoms with van der Waals surface area (Å²) in [7, 11) is 0. The van der Waals surface area contributed by atoms with Crippen LogP contribution in [0.25, 0.3) is 0 Å². The molecule has 1 aliphatic rings. The molecule has 0 aliphatic carbocycles. The third-order valence-electron chi connectivity index (χ3n) is 3.76. The van der Waals surface area contributed by atoms with Crippen LogP contribution in [0.15, 0.2) is 18.2 Å². The lowest BCUT2D eigenvalue weighted by molar-refractivity contribution is 0.622. The predicted octanol–water partition coefficient (Wildman–Crippen LogP) is 3.26. The Morgan fingerprint density at radius 2 is 2.12 bits per heavy atom. The second-order valence-corrected chi connectivity index (χ2v) is 5.29. The predicted molar refractivity (Wildman–Crippen MR) is 74.5 cm³/mol. The van der Waals surface area contributed by atoms with E-state index in [-0.39, 0.29) is 6.04 Å². The Balaban J connectivity index is 2.37. The minimum absolute atomic E-state index is 0.177. The number of hydrogen-bond donors (Lipinski definition) is 1. The molecule has 17 heavy (non-hydrogen) atoms. The quantitative estimate of drug-likeness (QED) is 0.866.